The van der Waals surface area contributed by atoms with E-state index < -0.39 is 0 Å². The van der Waals surface area contributed by atoms with Crippen LogP contribution >= 0.6 is 0 Å². The van der Waals surface area contributed by atoms with Crippen molar-refractivity contribution in [1.29, 1.82) is 0 Å². The third kappa shape index (κ3) is 2.51. The van der Waals surface area contributed by atoms with Crippen molar-refractivity contribution in [3.05, 3.63) is 64.2 Å². The van der Waals surface area contributed by atoms with Gasteiger partial charge in [-0.15, -0.1) is 0 Å². The molecule has 0 heterocycles. The van der Waals surface area contributed by atoms with Crippen LogP contribution in [0.15, 0.2) is 36.4 Å². The number of nitrogens with two attached hydrogens (primary N) is 1. The first-order valence-electron chi connectivity index (χ1n) is 7.18. The number of carbonyl (C=O) groups excluding carboxylic acids is 1. The zero-order valence-corrected chi connectivity index (χ0v) is 12.3. The molecular formula is C18H19NO2. The van der Waals surface area contributed by atoms with Gasteiger partial charge in [0, 0.05) is 11.6 Å². The lowest BCUT2D eigenvalue weighted by atomic mass is 9.78. The summed E-state index contributed by atoms with van der Waals surface area (Å²) in [5.41, 5.74) is 11.6. The molecule has 1 aliphatic carbocycles. The van der Waals surface area contributed by atoms with Crippen molar-refractivity contribution in [2.75, 3.05) is 12.3 Å². The molecule has 108 valence electrons. The molecule has 0 bridgehead atoms. The van der Waals surface area contributed by atoms with Crippen LogP contribution in [0.2, 0.25) is 0 Å². The first-order valence-corrected chi connectivity index (χ1v) is 7.18. The van der Waals surface area contributed by atoms with Crippen molar-refractivity contribution in [3.8, 4) is 0 Å². The normalized spacial score (nSPS) is 16.0. The molecule has 0 amide bonds. The lowest BCUT2D eigenvalue weighted by molar-refractivity contribution is 0.0469. The fraction of sp³-hybridized carbons (Fsp3) is 0.278. The van der Waals surface area contributed by atoms with Gasteiger partial charge < -0.3 is 10.5 Å². The number of nitrogen functional groups attached to an aromatic ring is 1. The van der Waals surface area contributed by atoms with Crippen LogP contribution in [0.25, 0.3) is 0 Å². The number of rotatable bonds is 3. The molecule has 0 spiro atoms. The molecule has 3 heteroatoms. The van der Waals surface area contributed by atoms with Crippen LogP contribution < -0.4 is 5.73 Å². The lowest BCUT2D eigenvalue weighted by Gasteiger charge is -2.29. The van der Waals surface area contributed by atoms with E-state index in [1.807, 2.05) is 32.0 Å². The number of anilines is 1. The number of esters is 1. The predicted molar refractivity (Wildman–Crippen MR) is 83.5 cm³/mol. The van der Waals surface area contributed by atoms with Crippen LogP contribution in [0, 0.1) is 13.8 Å². The summed E-state index contributed by atoms with van der Waals surface area (Å²) in [6.07, 6.45) is 0.985. The average Bonchev–Trinajstić information content (AvgIpc) is 2.43. The van der Waals surface area contributed by atoms with E-state index in [0.29, 0.717) is 23.8 Å². The van der Waals surface area contributed by atoms with E-state index in [-0.39, 0.29) is 5.97 Å². The highest BCUT2D eigenvalue weighted by atomic mass is 16.5. The largest absolute Gasteiger partial charge is 0.461 e. The van der Waals surface area contributed by atoms with Gasteiger partial charge in [0.1, 0.15) is 0 Å². The summed E-state index contributed by atoms with van der Waals surface area (Å²) in [4.78, 5) is 12.2. The van der Waals surface area contributed by atoms with Crippen molar-refractivity contribution in [2.24, 2.45) is 0 Å². The maximum Gasteiger partial charge on any atom is 0.338 e. The van der Waals surface area contributed by atoms with Gasteiger partial charge in [0.2, 0.25) is 0 Å². The molecule has 0 radical (unpaired) electrons. The van der Waals surface area contributed by atoms with Gasteiger partial charge in [-0.3, -0.25) is 0 Å². The highest BCUT2D eigenvalue weighted by Gasteiger charge is 2.27. The Bertz CT molecular complexity index is 706. The molecule has 0 aliphatic heterocycles. The van der Waals surface area contributed by atoms with Crippen molar-refractivity contribution in [2.45, 2.75) is 26.2 Å². The number of fused-ring (bicyclic) bond motifs is 1. The summed E-state index contributed by atoms with van der Waals surface area (Å²) >= 11 is 0. The third-order valence-electron chi connectivity index (χ3n) is 4.21. The molecule has 2 aromatic rings. The first kappa shape index (κ1) is 13.7. The van der Waals surface area contributed by atoms with Gasteiger partial charge in [0.05, 0.1) is 12.2 Å². The van der Waals surface area contributed by atoms with E-state index >= 15 is 0 Å². The van der Waals surface area contributed by atoms with Gasteiger partial charge >= 0.3 is 5.97 Å². The second-order valence-electron chi connectivity index (χ2n) is 5.72. The Balaban J connectivity index is 1.67. The number of aryl methyl sites for hydroxylation is 2. The fourth-order valence-corrected chi connectivity index (χ4v) is 2.85. The van der Waals surface area contributed by atoms with Crippen molar-refractivity contribution >= 4 is 11.7 Å². The topological polar surface area (TPSA) is 52.3 Å². The Kier molecular flexibility index (Phi) is 3.42. The van der Waals surface area contributed by atoms with Gasteiger partial charge in [0.15, 0.2) is 0 Å². The van der Waals surface area contributed by atoms with Crippen LogP contribution in [0.3, 0.4) is 0 Å². The Morgan fingerprint density at radius 3 is 2.76 bits per heavy atom. The maximum absolute atomic E-state index is 12.2. The molecular weight excluding hydrogens is 262 g/mol. The minimum absolute atomic E-state index is 0.288. The van der Waals surface area contributed by atoms with Crippen LogP contribution in [0.5, 0.6) is 0 Å². The molecule has 0 fully saturated rings. The zero-order valence-electron chi connectivity index (χ0n) is 12.3. The van der Waals surface area contributed by atoms with Crippen molar-refractivity contribution in [1.82, 2.24) is 0 Å². The van der Waals surface area contributed by atoms with E-state index in [1.165, 1.54) is 11.1 Å². The minimum atomic E-state index is -0.288. The molecule has 3 nitrogen and oxygen atoms in total. The van der Waals surface area contributed by atoms with Gasteiger partial charge in [-0.2, -0.15) is 0 Å². The number of ether oxygens (including phenoxy) is 1. The highest BCUT2D eigenvalue weighted by molar-refractivity contribution is 5.92. The van der Waals surface area contributed by atoms with E-state index in [2.05, 4.69) is 12.1 Å². The van der Waals surface area contributed by atoms with Crippen LogP contribution in [0.1, 0.15) is 38.5 Å². The molecule has 0 saturated heterocycles. The standard InChI is InChI=1S/C18H19NO2/c1-11-7-12(2)17(19)9-16(11)18(20)21-10-14-8-13-5-3-4-6-15(13)14/h3-7,9,14H,8,10,19H2,1-2H3. The Labute approximate surface area is 124 Å². The summed E-state index contributed by atoms with van der Waals surface area (Å²) in [6.45, 7) is 4.27. The Hall–Kier alpha value is -2.29. The number of hydrogen-bond acceptors (Lipinski definition) is 3. The molecule has 1 unspecified atom stereocenters. The summed E-state index contributed by atoms with van der Waals surface area (Å²) in [7, 11) is 0. The van der Waals surface area contributed by atoms with E-state index in [0.717, 1.165) is 17.5 Å². The molecule has 1 aliphatic rings. The summed E-state index contributed by atoms with van der Waals surface area (Å²) in [6, 6.07) is 11.9. The van der Waals surface area contributed by atoms with Crippen LogP contribution in [-0.4, -0.2) is 12.6 Å². The highest BCUT2D eigenvalue weighted by Crippen LogP contribution is 2.35. The van der Waals surface area contributed by atoms with Gasteiger partial charge in [-0.25, -0.2) is 4.79 Å². The molecule has 1 atom stereocenters. The Morgan fingerprint density at radius 1 is 1.24 bits per heavy atom. The second-order valence-corrected chi connectivity index (χ2v) is 5.72. The smallest absolute Gasteiger partial charge is 0.338 e. The quantitative estimate of drug-likeness (QED) is 0.693. The summed E-state index contributed by atoms with van der Waals surface area (Å²) in [5.74, 6) is 0.0387. The molecule has 2 aromatic carbocycles. The number of hydrogen-bond donors (Lipinski definition) is 1. The number of benzene rings is 2. The second kappa shape index (κ2) is 5.24. The third-order valence-corrected chi connectivity index (χ3v) is 4.21. The summed E-state index contributed by atoms with van der Waals surface area (Å²) in [5, 5.41) is 0. The van der Waals surface area contributed by atoms with E-state index in [9.17, 15) is 4.79 Å². The van der Waals surface area contributed by atoms with E-state index in [1.54, 1.807) is 6.07 Å². The van der Waals surface area contributed by atoms with Crippen molar-refractivity contribution < 1.29 is 9.53 Å². The monoisotopic (exact) mass is 281 g/mol. The molecule has 21 heavy (non-hydrogen) atoms. The lowest BCUT2D eigenvalue weighted by Crippen LogP contribution is -2.23. The van der Waals surface area contributed by atoms with Gasteiger partial charge in [-0.1, -0.05) is 30.3 Å². The van der Waals surface area contributed by atoms with Crippen molar-refractivity contribution in [3.63, 3.8) is 0 Å². The van der Waals surface area contributed by atoms with Crippen LogP contribution in [0.4, 0.5) is 5.69 Å². The minimum Gasteiger partial charge on any atom is -0.461 e. The summed E-state index contributed by atoms with van der Waals surface area (Å²) < 4.78 is 5.47. The first-order chi connectivity index (χ1) is 10.1. The fourth-order valence-electron chi connectivity index (χ4n) is 2.85. The molecule has 0 aromatic heterocycles. The molecule has 2 N–H and O–H groups in total. The van der Waals surface area contributed by atoms with Gasteiger partial charge in [0.25, 0.3) is 0 Å². The van der Waals surface area contributed by atoms with Crippen LogP contribution in [-0.2, 0) is 11.2 Å². The zero-order chi connectivity index (χ0) is 15.0. The average molecular weight is 281 g/mol. The van der Waals surface area contributed by atoms with E-state index in [4.69, 9.17) is 10.5 Å². The predicted octanol–water partition coefficient (Wildman–Crippen LogP) is 3.38. The Morgan fingerprint density at radius 2 is 2.00 bits per heavy atom. The number of carbonyl (C=O) groups is 1. The maximum atomic E-state index is 12.2. The molecule has 0 saturated carbocycles. The molecule has 3 rings (SSSR count). The SMILES string of the molecule is Cc1cc(C)c(C(=O)OCC2Cc3ccccc32)cc1N. The van der Waals surface area contributed by atoms with Gasteiger partial charge in [-0.05, 0) is 48.6 Å².